The van der Waals surface area contributed by atoms with E-state index in [0.717, 1.165) is 0 Å². The van der Waals surface area contributed by atoms with Crippen LogP contribution >= 0.6 is 0 Å². The lowest BCUT2D eigenvalue weighted by Gasteiger charge is -2.02. The van der Waals surface area contributed by atoms with Crippen molar-refractivity contribution in [3.8, 4) is 23.3 Å². The molecule has 0 aromatic heterocycles. The van der Waals surface area contributed by atoms with Gasteiger partial charge in [-0.2, -0.15) is 0 Å². The normalized spacial score (nSPS) is 9.50. The van der Waals surface area contributed by atoms with E-state index in [1.54, 1.807) is 12.1 Å². The third-order valence-electron chi connectivity index (χ3n) is 1.85. The number of hydrogen-bond acceptors (Lipinski definition) is 2. The highest BCUT2D eigenvalue weighted by molar-refractivity contribution is 6.84. The molecule has 0 aliphatic carbocycles. The molecule has 0 N–H and O–H groups in total. The smallest absolute Gasteiger partial charge is 0.275 e. The number of Topliss-reactive ketones (excluding diaryl/α,β-unsaturated/α-hetero) is 2. The molecular weight excluding hydrogens is 240 g/mol. The van der Waals surface area contributed by atoms with E-state index >= 15 is 0 Å². The average Bonchev–Trinajstić information content (AvgIpc) is 2.33. The molecule has 0 aliphatic heterocycles. The lowest BCUT2D eigenvalue weighted by molar-refractivity contribution is -0.129. The fourth-order valence-electron chi connectivity index (χ4n) is 1.01. The number of carbonyl (C=O) groups excluding carboxylic acids is 2. The molecule has 0 unspecified atom stereocenters. The standard InChI is InChI=1S/C15H14O2Si/c1-18(2,3)12-11-15(17)14(16)10-9-13-7-5-4-6-8-13/h4-8H,1-3H3. The van der Waals surface area contributed by atoms with Gasteiger partial charge in [0.2, 0.25) is 0 Å². The topological polar surface area (TPSA) is 34.1 Å². The van der Waals surface area contributed by atoms with Crippen LogP contribution < -0.4 is 0 Å². The summed E-state index contributed by atoms with van der Waals surface area (Å²) in [6.07, 6.45) is 0. The first-order chi connectivity index (χ1) is 8.38. The van der Waals surface area contributed by atoms with Gasteiger partial charge in [0.25, 0.3) is 11.6 Å². The molecule has 0 bridgehead atoms. The van der Waals surface area contributed by atoms with Gasteiger partial charge in [-0.3, -0.25) is 9.59 Å². The minimum atomic E-state index is -1.64. The van der Waals surface area contributed by atoms with Gasteiger partial charge in [0.05, 0.1) is 0 Å². The number of carbonyl (C=O) groups is 2. The Morgan fingerprint density at radius 1 is 0.944 bits per heavy atom. The Morgan fingerprint density at radius 2 is 1.50 bits per heavy atom. The molecule has 0 saturated heterocycles. The molecule has 0 amide bonds. The average molecular weight is 254 g/mol. The summed E-state index contributed by atoms with van der Waals surface area (Å²) in [5.41, 5.74) is 3.56. The van der Waals surface area contributed by atoms with Crippen LogP contribution in [0.5, 0.6) is 0 Å². The van der Waals surface area contributed by atoms with Crippen LogP contribution in [-0.4, -0.2) is 19.6 Å². The predicted molar refractivity (Wildman–Crippen MR) is 74.5 cm³/mol. The molecule has 0 atom stereocenters. The lowest BCUT2D eigenvalue weighted by Crippen LogP contribution is -2.18. The van der Waals surface area contributed by atoms with E-state index in [1.165, 1.54) is 0 Å². The van der Waals surface area contributed by atoms with Crippen molar-refractivity contribution in [2.75, 3.05) is 0 Å². The van der Waals surface area contributed by atoms with Crippen LogP contribution in [-0.2, 0) is 9.59 Å². The highest BCUT2D eigenvalue weighted by atomic mass is 28.3. The summed E-state index contributed by atoms with van der Waals surface area (Å²) in [6, 6.07) is 9.05. The van der Waals surface area contributed by atoms with Crippen molar-refractivity contribution < 1.29 is 9.59 Å². The molecule has 0 heterocycles. The minimum absolute atomic E-state index is 0.705. The van der Waals surface area contributed by atoms with E-state index in [9.17, 15) is 9.59 Å². The van der Waals surface area contributed by atoms with Crippen molar-refractivity contribution in [1.82, 2.24) is 0 Å². The first kappa shape index (κ1) is 14.0. The fourth-order valence-corrected chi connectivity index (χ4v) is 1.50. The van der Waals surface area contributed by atoms with E-state index in [2.05, 4.69) is 23.3 Å². The number of rotatable bonds is 1. The van der Waals surface area contributed by atoms with Crippen LogP contribution in [0.2, 0.25) is 19.6 Å². The van der Waals surface area contributed by atoms with Crippen molar-refractivity contribution >= 4 is 19.6 Å². The van der Waals surface area contributed by atoms with Gasteiger partial charge in [0.1, 0.15) is 8.07 Å². The molecule has 3 heteroatoms. The Bertz CT molecular complexity index is 572. The molecule has 0 fully saturated rings. The zero-order chi connectivity index (χ0) is 13.6. The zero-order valence-electron chi connectivity index (χ0n) is 10.7. The first-order valence-electron chi connectivity index (χ1n) is 5.57. The number of benzene rings is 1. The van der Waals surface area contributed by atoms with Crippen molar-refractivity contribution in [2.45, 2.75) is 19.6 Å². The SMILES string of the molecule is C[Si](C)(C)C#CC(=O)C(=O)C#Cc1ccccc1. The molecule has 18 heavy (non-hydrogen) atoms. The molecule has 0 saturated carbocycles. The van der Waals surface area contributed by atoms with Crippen molar-refractivity contribution in [3.63, 3.8) is 0 Å². The van der Waals surface area contributed by atoms with Crippen molar-refractivity contribution in [3.05, 3.63) is 35.9 Å². The Hall–Kier alpha value is -2.10. The van der Waals surface area contributed by atoms with E-state index < -0.39 is 19.6 Å². The minimum Gasteiger partial charge on any atom is -0.275 e. The molecular formula is C15H14O2Si. The third kappa shape index (κ3) is 5.29. The Morgan fingerprint density at radius 3 is 2.06 bits per heavy atom. The summed E-state index contributed by atoms with van der Waals surface area (Å²) in [5.74, 6) is 5.87. The molecule has 1 aromatic rings. The third-order valence-corrected chi connectivity index (χ3v) is 2.73. The quantitative estimate of drug-likeness (QED) is 0.437. The van der Waals surface area contributed by atoms with Gasteiger partial charge in [-0.1, -0.05) is 43.8 Å². The van der Waals surface area contributed by atoms with Crippen LogP contribution in [0.4, 0.5) is 0 Å². The van der Waals surface area contributed by atoms with Gasteiger partial charge in [-0.05, 0) is 24.0 Å². The Kier molecular flexibility index (Phi) is 4.65. The maximum atomic E-state index is 11.4. The Balaban J connectivity index is 2.76. The largest absolute Gasteiger partial charge is 0.285 e. The number of hydrogen-bond donors (Lipinski definition) is 0. The van der Waals surface area contributed by atoms with Gasteiger partial charge in [-0.15, -0.1) is 5.54 Å². The van der Waals surface area contributed by atoms with Crippen molar-refractivity contribution in [1.29, 1.82) is 0 Å². The maximum Gasteiger partial charge on any atom is 0.285 e. The summed E-state index contributed by atoms with van der Waals surface area (Å²) in [7, 11) is -1.64. The predicted octanol–water partition coefficient (Wildman–Crippen LogP) is 2.06. The monoisotopic (exact) mass is 254 g/mol. The molecule has 1 rings (SSSR count). The summed E-state index contributed by atoms with van der Waals surface area (Å²) in [6.45, 7) is 6.02. The highest BCUT2D eigenvalue weighted by Gasteiger charge is 2.11. The van der Waals surface area contributed by atoms with Gasteiger partial charge in [-0.25, -0.2) is 0 Å². The van der Waals surface area contributed by atoms with Gasteiger partial charge in [0, 0.05) is 5.56 Å². The van der Waals surface area contributed by atoms with Gasteiger partial charge < -0.3 is 0 Å². The van der Waals surface area contributed by atoms with Crippen LogP contribution in [0.1, 0.15) is 5.56 Å². The van der Waals surface area contributed by atoms with Gasteiger partial charge in [0.15, 0.2) is 0 Å². The summed E-state index contributed by atoms with van der Waals surface area (Å²) >= 11 is 0. The van der Waals surface area contributed by atoms with Crippen molar-refractivity contribution in [2.24, 2.45) is 0 Å². The highest BCUT2D eigenvalue weighted by Crippen LogP contribution is 1.96. The van der Waals surface area contributed by atoms with E-state index in [1.807, 2.05) is 37.8 Å². The maximum absolute atomic E-state index is 11.4. The second kappa shape index (κ2) is 6.00. The summed E-state index contributed by atoms with van der Waals surface area (Å²) in [4.78, 5) is 22.8. The second-order valence-corrected chi connectivity index (χ2v) is 9.52. The van der Waals surface area contributed by atoms with Crippen LogP contribution in [0, 0.1) is 23.3 Å². The molecule has 0 aliphatic rings. The molecule has 1 aromatic carbocycles. The molecule has 0 radical (unpaired) electrons. The van der Waals surface area contributed by atoms with Crippen LogP contribution in [0.3, 0.4) is 0 Å². The van der Waals surface area contributed by atoms with E-state index in [0.29, 0.717) is 5.56 Å². The van der Waals surface area contributed by atoms with E-state index in [-0.39, 0.29) is 0 Å². The number of ketones is 2. The lowest BCUT2D eigenvalue weighted by atomic mass is 10.2. The van der Waals surface area contributed by atoms with Gasteiger partial charge >= 0.3 is 0 Å². The van der Waals surface area contributed by atoms with Crippen LogP contribution in [0.25, 0.3) is 0 Å². The summed E-state index contributed by atoms with van der Waals surface area (Å²) < 4.78 is 0. The molecule has 2 nitrogen and oxygen atoms in total. The zero-order valence-corrected chi connectivity index (χ0v) is 11.7. The Labute approximate surface area is 108 Å². The summed E-state index contributed by atoms with van der Waals surface area (Å²) in [5, 5.41) is 0. The molecule has 0 spiro atoms. The van der Waals surface area contributed by atoms with Crippen LogP contribution in [0.15, 0.2) is 30.3 Å². The first-order valence-corrected chi connectivity index (χ1v) is 9.07. The van der Waals surface area contributed by atoms with E-state index in [4.69, 9.17) is 0 Å². The molecule has 90 valence electrons. The second-order valence-electron chi connectivity index (χ2n) is 4.77. The fraction of sp³-hybridized carbons (Fsp3) is 0.200.